The molecule has 0 aliphatic carbocycles. The average Bonchev–Trinajstić information content (AvgIpc) is 2.36. The molecular formula is C15H14Br2O. The summed E-state index contributed by atoms with van der Waals surface area (Å²) in [6, 6.07) is 14.3. The molecule has 0 aromatic heterocycles. The molecule has 0 heterocycles. The van der Waals surface area contributed by atoms with Gasteiger partial charge in [0.25, 0.3) is 0 Å². The maximum Gasteiger partial charge on any atom is 0.143 e. The summed E-state index contributed by atoms with van der Waals surface area (Å²) in [7, 11) is 0. The zero-order chi connectivity index (χ0) is 13.3. The minimum atomic E-state index is -0.111. The van der Waals surface area contributed by atoms with Crippen molar-refractivity contribution in [1.82, 2.24) is 0 Å². The molecule has 0 atom stereocenters. The fourth-order valence-electron chi connectivity index (χ4n) is 1.95. The van der Waals surface area contributed by atoms with E-state index in [1.54, 1.807) is 0 Å². The lowest BCUT2D eigenvalue weighted by atomic mass is 9.78. The third-order valence-electron chi connectivity index (χ3n) is 3.23. The van der Waals surface area contributed by atoms with Crippen LogP contribution >= 0.6 is 31.9 Å². The van der Waals surface area contributed by atoms with Gasteiger partial charge in [-0.2, -0.15) is 0 Å². The number of hydrogen-bond donors (Lipinski definition) is 1. The minimum Gasteiger partial charge on any atom is -0.506 e. The Morgan fingerprint density at radius 1 is 0.889 bits per heavy atom. The standard InChI is InChI=1S/C15H14Br2O/c1-15(2,10-6-4-3-5-7-10)11-8-12(16)14(18)13(17)9-11/h3-9,18H,1-2H3. The Kier molecular flexibility index (Phi) is 3.83. The number of hydrogen-bond acceptors (Lipinski definition) is 1. The Labute approximate surface area is 124 Å². The summed E-state index contributed by atoms with van der Waals surface area (Å²) < 4.78 is 1.41. The van der Waals surface area contributed by atoms with E-state index in [4.69, 9.17) is 0 Å². The average molecular weight is 370 g/mol. The first kappa shape index (κ1) is 13.6. The van der Waals surface area contributed by atoms with Crippen LogP contribution in [0, 0.1) is 0 Å². The fourth-order valence-corrected chi connectivity index (χ4v) is 3.13. The van der Waals surface area contributed by atoms with E-state index >= 15 is 0 Å². The minimum absolute atomic E-state index is 0.111. The van der Waals surface area contributed by atoms with Crippen molar-refractivity contribution in [2.75, 3.05) is 0 Å². The van der Waals surface area contributed by atoms with Crippen molar-refractivity contribution >= 4 is 31.9 Å². The van der Waals surface area contributed by atoms with Gasteiger partial charge in [0.15, 0.2) is 0 Å². The molecule has 0 amide bonds. The summed E-state index contributed by atoms with van der Waals surface area (Å²) >= 11 is 6.76. The van der Waals surface area contributed by atoms with Crippen molar-refractivity contribution in [3.8, 4) is 5.75 Å². The second-order valence-corrected chi connectivity index (χ2v) is 6.49. The number of aromatic hydroxyl groups is 1. The molecule has 0 aliphatic heterocycles. The Morgan fingerprint density at radius 2 is 1.39 bits per heavy atom. The van der Waals surface area contributed by atoms with E-state index in [-0.39, 0.29) is 11.2 Å². The molecule has 0 saturated heterocycles. The SMILES string of the molecule is CC(C)(c1ccccc1)c1cc(Br)c(O)c(Br)c1. The van der Waals surface area contributed by atoms with Crippen LogP contribution in [0.3, 0.4) is 0 Å². The molecule has 1 N–H and O–H groups in total. The van der Waals surface area contributed by atoms with E-state index < -0.39 is 0 Å². The van der Waals surface area contributed by atoms with Crippen molar-refractivity contribution in [3.63, 3.8) is 0 Å². The van der Waals surface area contributed by atoms with Crippen molar-refractivity contribution in [2.45, 2.75) is 19.3 Å². The maximum absolute atomic E-state index is 9.77. The highest BCUT2D eigenvalue weighted by Crippen LogP contribution is 2.39. The summed E-state index contributed by atoms with van der Waals surface area (Å²) in [5.74, 6) is 0.239. The highest BCUT2D eigenvalue weighted by Gasteiger charge is 2.24. The van der Waals surface area contributed by atoms with Crippen LogP contribution in [-0.4, -0.2) is 5.11 Å². The first-order valence-corrected chi connectivity index (χ1v) is 7.25. The summed E-state index contributed by atoms with van der Waals surface area (Å²) in [6.07, 6.45) is 0. The largest absolute Gasteiger partial charge is 0.506 e. The molecule has 94 valence electrons. The third-order valence-corrected chi connectivity index (χ3v) is 4.44. The predicted molar refractivity (Wildman–Crippen MR) is 82.1 cm³/mol. The Bertz CT molecular complexity index is 539. The Hall–Kier alpha value is -0.800. The van der Waals surface area contributed by atoms with Gasteiger partial charge in [0.1, 0.15) is 5.75 Å². The number of rotatable bonds is 2. The molecule has 0 bridgehead atoms. The number of phenols is 1. The predicted octanol–water partition coefficient (Wildman–Crippen LogP) is 5.24. The van der Waals surface area contributed by atoms with Gasteiger partial charge in [-0.15, -0.1) is 0 Å². The summed E-state index contributed by atoms with van der Waals surface area (Å²) in [4.78, 5) is 0. The monoisotopic (exact) mass is 368 g/mol. The molecule has 0 spiro atoms. The van der Waals surface area contributed by atoms with Crippen molar-refractivity contribution < 1.29 is 5.11 Å². The Morgan fingerprint density at radius 3 is 1.89 bits per heavy atom. The second-order valence-electron chi connectivity index (χ2n) is 4.78. The van der Waals surface area contributed by atoms with E-state index in [1.807, 2.05) is 30.3 Å². The van der Waals surface area contributed by atoms with Crippen LogP contribution in [0.1, 0.15) is 25.0 Å². The molecule has 18 heavy (non-hydrogen) atoms. The Balaban J connectivity index is 2.54. The van der Waals surface area contributed by atoms with Crippen LogP contribution in [0.15, 0.2) is 51.4 Å². The number of benzene rings is 2. The summed E-state index contributed by atoms with van der Waals surface area (Å²) in [6.45, 7) is 4.35. The number of phenolic OH excluding ortho intramolecular Hbond substituents is 1. The lowest BCUT2D eigenvalue weighted by Crippen LogP contribution is -2.18. The molecule has 2 rings (SSSR count). The highest BCUT2D eigenvalue weighted by molar-refractivity contribution is 9.11. The summed E-state index contributed by atoms with van der Waals surface area (Å²) in [5, 5.41) is 9.77. The van der Waals surface area contributed by atoms with Gasteiger partial charge in [-0.1, -0.05) is 44.2 Å². The first-order chi connectivity index (χ1) is 8.43. The fraction of sp³-hybridized carbons (Fsp3) is 0.200. The first-order valence-electron chi connectivity index (χ1n) is 5.67. The van der Waals surface area contributed by atoms with Gasteiger partial charge in [-0.25, -0.2) is 0 Å². The summed E-state index contributed by atoms with van der Waals surface area (Å²) in [5.41, 5.74) is 2.28. The maximum atomic E-state index is 9.77. The molecule has 0 fully saturated rings. The van der Waals surface area contributed by atoms with Gasteiger partial charge in [0.2, 0.25) is 0 Å². The van der Waals surface area contributed by atoms with E-state index in [0.717, 1.165) is 5.56 Å². The van der Waals surface area contributed by atoms with Gasteiger partial charge in [-0.3, -0.25) is 0 Å². The van der Waals surface area contributed by atoms with Gasteiger partial charge < -0.3 is 5.11 Å². The third kappa shape index (κ3) is 2.47. The van der Waals surface area contributed by atoms with Gasteiger partial charge in [-0.05, 0) is 55.1 Å². The molecule has 0 saturated carbocycles. The number of halogens is 2. The normalized spacial score (nSPS) is 11.6. The second kappa shape index (κ2) is 5.06. The van der Waals surface area contributed by atoms with Crippen LogP contribution in [0.4, 0.5) is 0 Å². The molecule has 2 aromatic carbocycles. The molecule has 3 heteroatoms. The lowest BCUT2D eigenvalue weighted by Gasteiger charge is -2.26. The molecule has 0 unspecified atom stereocenters. The van der Waals surface area contributed by atoms with Crippen molar-refractivity contribution in [3.05, 3.63) is 62.5 Å². The van der Waals surface area contributed by atoms with Crippen LogP contribution in [0.25, 0.3) is 0 Å². The van der Waals surface area contributed by atoms with E-state index in [1.165, 1.54) is 5.56 Å². The molecule has 2 aromatic rings. The molecule has 0 aliphatic rings. The smallest absolute Gasteiger partial charge is 0.143 e. The van der Waals surface area contributed by atoms with E-state index in [2.05, 4.69) is 57.8 Å². The van der Waals surface area contributed by atoms with E-state index in [9.17, 15) is 5.11 Å². The van der Waals surface area contributed by atoms with E-state index in [0.29, 0.717) is 8.95 Å². The van der Waals surface area contributed by atoms with Crippen LogP contribution < -0.4 is 0 Å². The van der Waals surface area contributed by atoms with Gasteiger partial charge in [0, 0.05) is 5.41 Å². The van der Waals surface area contributed by atoms with Crippen molar-refractivity contribution in [1.29, 1.82) is 0 Å². The molecule has 1 nitrogen and oxygen atoms in total. The highest BCUT2D eigenvalue weighted by atomic mass is 79.9. The van der Waals surface area contributed by atoms with Gasteiger partial charge in [0.05, 0.1) is 8.95 Å². The lowest BCUT2D eigenvalue weighted by molar-refractivity contribution is 0.467. The zero-order valence-corrected chi connectivity index (χ0v) is 13.4. The van der Waals surface area contributed by atoms with Crippen molar-refractivity contribution in [2.24, 2.45) is 0 Å². The van der Waals surface area contributed by atoms with Crippen LogP contribution in [0.5, 0.6) is 5.75 Å². The van der Waals surface area contributed by atoms with Crippen LogP contribution in [-0.2, 0) is 5.41 Å². The van der Waals surface area contributed by atoms with Gasteiger partial charge >= 0.3 is 0 Å². The zero-order valence-electron chi connectivity index (χ0n) is 10.2. The molecular weight excluding hydrogens is 356 g/mol. The topological polar surface area (TPSA) is 20.2 Å². The van der Waals surface area contributed by atoms with Crippen LogP contribution in [0.2, 0.25) is 0 Å². The molecule has 0 radical (unpaired) electrons. The quantitative estimate of drug-likeness (QED) is 0.767.